The van der Waals surface area contributed by atoms with Crippen LogP contribution < -0.4 is 14.8 Å². The van der Waals surface area contributed by atoms with Crippen LogP contribution in [0.4, 0.5) is 5.69 Å². The highest BCUT2D eigenvalue weighted by molar-refractivity contribution is 6.32. The van der Waals surface area contributed by atoms with Crippen LogP contribution >= 0.6 is 11.6 Å². The SMILES string of the molecule is COc1cc(OC)c(NC(=O)C2(C(=O)O)CC2)cc1Cl. The first kappa shape index (κ1) is 14.5. The van der Waals surface area contributed by atoms with Crippen LogP contribution in [0.5, 0.6) is 11.5 Å². The third-order valence-electron chi connectivity index (χ3n) is 3.32. The van der Waals surface area contributed by atoms with Crippen molar-refractivity contribution in [1.82, 2.24) is 0 Å². The van der Waals surface area contributed by atoms with Crippen molar-refractivity contribution in [3.63, 3.8) is 0 Å². The summed E-state index contributed by atoms with van der Waals surface area (Å²) >= 11 is 5.99. The number of benzene rings is 1. The van der Waals surface area contributed by atoms with Crippen LogP contribution in [0.3, 0.4) is 0 Å². The summed E-state index contributed by atoms with van der Waals surface area (Å²) in [7, 11) is 2.89. The van der Waals surface area contributed by atoms with Gasteiger partial charge in [-0.15, -0.1) is 0 Å². The number of rotatable bonds is 5. The second kappa shape index (κ2) is 5.20. The standard InChI is InChI=1S/C13H14ClNO5/c1-19-9-6-10(20-2)8(5-7(9)14)15-11(16)13(3-4-13)12(17)18/h5-6H,3-4H2,1-2H3,(H,15,16)(H,17,18). The minimum atomic E-state index is -1.32. The van der Waals surface area contributed by atoms with Gasteiger partial charge in [0, 0.05) is 6.07 Å². The van der Waals surface area contributed by atoms with Gasteiger partial charge in [-0.3, -0.25) is 9.59 Å². The summed E-state index contributed by atoms with van der Waals surface area (Å²) in [5.41, 5.74) is -1.01. The number of hydrogen-bond acceptors (Lipinski definition) is 4. The first-order valence-electron chi connectivity index (χ1n) is 5.91. The third kappa shape index (κ3) is 2.38. The number of carbonyl (C=O) groups excluding carboxylic acids is 1. The lowest BCUT2D eigenvalue weighted by Gasteiger charge is -2.15. The van der Waals surface area contributed by atoms with Gasteiger partial charge in [-0.1, -0.05) is 11.6 Å². The first-order chi connectivity index (χ1) is 9.44. The Morgan fingerprint density at radius 3 is 2.30 bits per heavy atom. The molecule has 20 heavy (non-hydrogen) atoms. The van der Waals surface area contributed by atoms with Crippen molar-refractivity contribution in [1.29, 1.82) is 0 Å². The molecule has 1 fully saturated rings. The lowest BCUT2D eigenvalue weighted by atomic mass is 10.1. The molecule has 0 spiro atoms. The topological polar surface area (TPSA) is 84.9 Å². The molecule has 1 aromatic rings. The van der Waals surface area contributed by atoms with E-state index in [1.54, 1.807) is 0 Å². The number of carbonyl (C=O) groups is 2. The monoisotopic (exact) mass is 299 g/mol. The molecular formula is C13H14ClNO5. The molecule has 0 radical (unpaired) electrons. The van der Waals surface area contributed by atoms with Gasteiger partial charge in [-0.05, 0) is 18.9 Å². The van der Waals surface area contributed by atoms with Crippen LogP contribution in [-0.4, -0.2) is 31.2 Å². The molecule has 0 unspecified atom stereocenters. The van der Waals surface area contributed by atoms with E-state index < -0.39 is 17.3 Å². The van der Waals surface area contributed by atoms with Gasteiger partial charge in [-0.25, -0.2) is 0 Å². The predicted octanol–water partition coefficient (Wildman–Crippen LogP) is 2.16. The molecular weight excluding hydrogens is 286 g/mol. The van der Waals surface area contributed by atoms with Crippen molar-refractivity contribution in [2.75, 3.05) is 19.5 Å². The summed E-state index contributed by atoms with van der Waals surface area (Å²) in [5.74, 6) is -0.931. The van der Waals surface area contributed by atoms with Crippen molar-refractivity contribution >= 4 is 29.2 Å². The lowest BCUT2D eigenvalue weighted by molar-refractivity contribution is -0.147. The number of halogens is 1. The maximum absolute atomic E-state index is 12.1. The third-order valence-corrected chi connectivity index (χ3v) is 3.61. The molecule has 0 aliphatic heterocycles. The molecule has 1 aliphatic rings. The molecule has 6 nitrogen and oxygen atoms in total. The van der Waals surface area contributed by atoms with E-state index in [2.05, 4.69) is 5.32 Å². The maximum Gasteiger partial charge on any atom is 0.319 e. The lowest BCUT2D eigenvalue weighted by Crippen LogP contribution is -2.31. The van der Waals surface area contributed by atoms with E-state index in [0.29, 0.717) is 35.1 Å². The van der Waals surface area contributed by atoms with Crippen molar-refractivity contribution in [2.24, 2.45) is 5.41 Å². The van der Waals surface area contributed by atoms with Crippen LogP contribution in [0.1, 0.15) is 12.8 Å². The normalized spacial score (nSPS) is 15.3. The van der Waals surface area contributed by atoms with Crippen molar-refractivity contribution in [3.05, 3.63) is 17.2 Å². The summed E-state index contributed by atoms with van der Waals surface area (Å²) in [6.45, 7) is 0. The number of amides is 1. The smallest absolute Gasteiger partial charge is 0.319 e. The summed E-state index contributed by atoms with van der Waals surface area (Å²) in [5, 5.41) is 11.9. The molecule has 0 heterocycles. The van der Waals surface area contributed by atoms with E-state index in [0.717, 1.165) is 0 Å². The number of carboxylic acids is 1. The van der Waals surface area contributed by atoms with Crippen LogP contribution in [0.2, 0.25) is 5.02 Å². The molecule has 1 amide bonds. The quantitative estimate of drug-likeness (QED) is 0.814. The predicted molar refractivity (Wildman–Crippen MR) is 72.5 cm³/mol. The van der Waals surface area contributed by atoms with Gasteiger partial charge in [0.05, 0.1) is 24.9 Å². The van der Waals surface area contributed by atoms with Crippen molar-refractivity contribution in [2.45, 2.75) is 12.8 Å². The molecule has 0 saturated heterocycles. The van der Waals surface area contributed by atoms with Crippen molar-refractivity contribution < 1.29 is 24.2 Å². The largest absolute Gasteiger partial charge is 0.495 e. The fourth-order valence-corrected chi connectivity index (χ4v) is 2.10. The fourth-order valence-electron chi connectivity index (χ4n) is 1.86. The van der Waals surface area contributed by atoms with Crippen LogP contribution in [0, 0.1) is 5.41 Å². The maximum atomic E-state index is 12.1. The Kier molecular flexibility index (Phi) is 3.76. The second-order valence-corrected chi connectivity index (χ2v) is 4.94. The summed E-state index contributed by atoms with van der Waals surface area (Å²) in [6.07, 6.45) is 0.667. The van der Waals surface area contributed by atoms with Gasteiger partial charge in [0.15, 0.2) is 0 Å². The number of nitrogens with one attached hydrogen (secondary N) is 1. The summed E-state index contributed by atoms with van der Waals surface area (Å²) in [6, 6.07) is 2.99. The Balaban J connectivity index is 2.27. The van der Waals surface area contributed by atoms with Gasteiger partial charge in [0.1, 0.15) is 16.9 Å². The molecule has 2 rings (SSSR count). The Labute approximate surface area is 120 Å². The van der Waals surface area contributed by atoms with E-state index in [-0.39, 0.29) is 0 Å². The van der Waals surface area contributed by atoms with E-state index in [1.807, 2.05) is 0 Å². The zero-order chi connectivity index (χ0) is 14.9. The van der Waals surface area contributed by atoms with E-state index >= 15 is 0 Å². The molecule has 0 bridgehead atoms. The zero-order valence-electron chi connectivity index (χ0n) is 11.0. The molecule has 2 N–H and O–H groups in total. The average Bonchev–Trinajstić information content (AvgIpc) is 3.20. The zero-order valence-corrected chi connectivity index (χ0v) is 11.8. The van der Waals surface area contributed by atoms with Gasteiger partial charge in [-0.2, -0.15) is 0 Å². The van der Waals surface area contributed by atoms with Gasteiger partial charge >= 0.3 is 5.97 Å². The van der Waals surface area contributed by atoms with E-state index in [4.69, 9.17) is 26.2 Å². The summed E-state index contributed by atoms with van der Waals surface area (Å²) in [4.78, 5) is 23.1. The van der Waals surface area contributed by atoms with Gasteiger partial charge in [0.25, 0.3) is 0 Å². The van der Waals surface area contributed by atoms with Gasteiger partial charge < -0.3 is 19.9 Å². The number of carboxylic acid groups (broad SMARTS) is 1. The first-order valence-corrected chi connectivity index (χ1v) is 6.29. The highest BCUT2D eigenvalue weighted by Gasteiger charge is 2.57. The van der Waals surface area contributed by atoms with E-state index in [9.17, 15) is 9.59 Å². The average molecular weight is 300 g/mol. The molecule has 1 aromatic carbocycles. The van der Waals surface area contributed by atoms with E-state index in [1.165, 1.54) is 26.4 Å². The van der Waals surface area contributed by atoms with Crippen LogP contribution in [0.25, 0.3) is 0 Å². The number of ether oxygens (including phenoxy) is 2. The van der Waals surface area contributed by atoms with Crippen LogP contribution in [0.15, 0.2) is 12.1 Å². The minimum Gasteiger partial charge on any atom is -0.495 e. The van der Waals surface area contributed by atoms with Gasteiger partial charge in [0.2, 0.25) is 5.91 Å². The molecule has 1 saturated carbocycles. The minimum absolute atomic E-state index is 0.295. The Morgan fingerprint density at radius 1 is 1.25 bits per heavy atom. The number of hydrogen-bond donors (Lipinski definition) is 2. The Morgan fingerprint density at radius 2 is 1.85 bits per heavy atom. The van der Waals surface area contributed by atoms with Crippen molar-refractivity contribution in [3.8, 4) is 11.5 Å². The summed E-state index contributed by atoms with van der Waals surface area (Å²) < 4.78 is 10.2. The molecule has 0 aromatic heterocycles. The molecule has 7 heteroatoms. The number of aliphatic carboxylic acids is 1. The second-order valence-electron chi connectivity index (χ2n) is 4.53. The van der Waals surface area contributed by atoms with Crippen LogP contribution in [-0.2, 0) is 9.59 Å². The molecule has 108 valence electrons. The molecule has 1 aliphatic carbocycles. The Bertz CT molecular complexity index is 568. The number of methoxy groups -OCH3 is 2. The Hall–Kier alpha value is -1.95. The highest BCUT2D eigenvalue weighted by atomic mass is 35.5. The highest BCUT2D eigenvalue weighted by Crippen LogP contribution is 2.47. The number of anilines is 1. The molecule has 0 atom stereocenters. The fraction of sp³-hybridized carbons (Fsp3) is 0.385.